The van der Waals surface area contributed by atoms with E-state index in [1.165, 1.54) is 17.4 Å². The number of rotatable bonds is 5. The highest BCUT2D eigenvalue weighted by Crippen LogP contribution is 2.45. The molecule has 0 unspecified atom stereocenters. The van der Waals surface area contributed by atoms with E-state index >= 15 is 0 Å². The number of aromatic nitrogens is 1. The standard InChI is InChI=1S/C26H22ClN3O3S2/c1-2-33-26(32)30-14-13-17-21(15-30)35-25(23(17)24-28-19-9-5-6-10-20(19)34-24)29-22(31)12-11-16-7-3-4-8-18(16)27/h3-12H,2,13-15H2,1H3,(H,29,31)/b12-11+. The third-order valence-electron chi connectivity index (χ3n) is 5.65. The van der Waals surface area contributed by atoms with E-state index in [1.54, 1.807) is 35.3 Å². The molecule has 0 aliphatic carbocycles. The minimum absolute atomic E-state index is 0.256. The quantitative estimate of drug-likeness (QED) is 0.290. The van der Waals surface area contributed by atoms with Crippen LogP contribution in [-0.4, -0.2) is 35.0 Å². The van der Waals surface area contributed by atoms with Gasteiger partial charge in [-0.2, -0.15) is 0 Å². The maximum Gasteiger partial charge on any atom is 0.410 e. The number of thiophene rings is 1. The number of hydrogen-bond donors (Lipinski definition) is 1. The molecule has 0 radical (unpaired) electrons. The van der Waals surface area contributed by atoms with E-state index < -0.39 is 0 Å². The van der Waals surface area contributed by atoms with Crippen LogP contribution in [0.4, 0.5) is 9.80 Å². The Hall–Kier alpha value is -3.20. The summed E-state index contributed by atoms with van der Waals surface area (Å²) in [5.74, 6) is -0.256. The highest BCUT2D eigenvalue weighted by molar-refractivity contribution is 7.23. The van der Waals surface area contributed by atoms with Crippen molar-refractivity contribution in [3.63, 3.8) is 0 Å². The van der Waals surface area contributed by atoms with Crippen LogP contribution in [0.3, 0.4) is 0 Å². The number of carbonyl (C=O) groups is 2. The lowest BCUT2D eigenvalue weighted by Gasteiger charge is -2.26. The second-order valence-electron chi connectivity index (χ2n) is 7.91. The van der Waals surface area contributed by atoms with Gasteiger partial charge in [0.15, 0.2) is 0 Å². The predicted molar refractivity (Wildman–Crippen MR) is 143 cm³/mol. The van der Waals surface area contributed by atoms with Crippen molar-refractivity contribution in [3.8, 4) is 10.6 Å². The average Bonchev–Trinajstić information content (AvgIpc) is 3.43. The molecule has 178 valence electrons. The molecule has 0 saturated heterocycles. The Morgan fingerprint density at radius 1 is 1.17 bits per heavy atom. The molecule has 35 heavy (non-hydrogen) atoms. The van der Waals surface area contributed by atoms with Gasteiger partial charge >= 0.3 is 6.09 Å². The van der Waals surface area contributed by atoms with Crippen LogP contribution in [0, 0.1) is 0 Å². The maximum absolute atomic E-state index is 12.9. The molecule has 2 amide bonds. The first-order chi connectivity index (χ1) is 17.0. The summed E-state index contributed by atoms with van der Waals surface area (Å²) in [6.45, 7) is 3.14. The lowest BCUT2D eigenvalue weighted by molar-refractivity contribution is -0.111. The van der Waals surface area contributed by atoms with Gasteiger partial charge in [-0.3, -0.25) is 4.79 Å². The molecule has 5 rings (SSSR count). The number of halogens is 1. The zero-order chi connectivity index (χ0) is 24.4. The van der Waals surface area contributed by atoms with Crippen molar-refractivity contribution in [2.75, 3.05) is 18.5 Å². The molecule has 0 fully saturated rings. The highest BCUT2D eigenvalue weighted by atomic mass is 35.5. The van der Waals surface area contributed by atoms with Crippen LogP contribution >= 0.6 is 34.3 Å². The van der Waals surface area contributed by atoms with Gasteiger partial charge in [0, 0.05) is 28.1 Å². The number of nitrogens with one attached hydrogen (secondary N) is 1. The Kier molecular flexibility index (Phi) is 6.86. The first kappa shape index (κ1) is 23.5. The number of amides is 2. The van der Waals surface area contributed by atoms with Gasteiger partial charge in [0.25, 0.3) is 0 Å². The summed E-state index contributed by atoms with van der Waals surface area (Å²) in [5.41, 5.74) is 3.76. The number of benzene rings is 2. The first-order valence-electron chi connectivity index (χ1n) is 11.2. The summed E-state index contributed by atoms with van der Waals surface area (Å²) in [6, 6.07) is 15.3. The minimum Gasteiger partial charge on any atom is -0.450 e. The summed E-state index contributed by atoms with van der Waals surface area (Å²) in [7, 11) is 0. The van der Waals surface area contributed by atoms with Crippen LogP contribution in [0.1, 0.15) is 22.9 Å². The first-order valence-corrected chi connectivity index (χ1v) is 13.2. The summed E-state index contributed by atoms with van der Waals surface area (Å²) in [5, 5.41) is 5.22. The Morgan fingerprint density at radius 2 is 1.97 bits per heavy atom. The zero-order valence-electron chi connectivity index (χ0n) is 18.9. The fourth-order valence-corrected chi connectivity index (χ4v) is 6.57. The van der Waals surface area contributed by atoms with Crippen molar-refractivity contribution in [2.45, 2.75) is 19.9 Å². The Morgan fingerprint density at radius 3 is 2.77 bits per heavy atom. The molecule has 2 aromatic carbocycles. The number of ether oxygens (including phenoxy) is 1. The van der Waals surface area contributed by atoms with E-state index in [0.717, 1.165) is 41.8 Å². The van der Waals surface area contributed by atoms with Gasteiger partial charge in [-0.1, -0.05) is 41.9 Å². The second kappa shape index (κ2) is 10.2. The van der Waals surface area contributed by atoms with E-state index in [1.807, 2.05) is 42.5 Å². The Balaban J connectivity index is 1.49. The fraction of sp³-hybridized carbons (Fsp3) is 0.192. The minimum atomic E-state index is -0.318. The monoisotopic (exact) mass is 523 g/mol. The molecule has 6 nitrogen and oxygen atoms in total. The molecule has 0 atom stereocenters. The van der Waals surface area contributed by atoms with Crippen LogP contribution in [0.25, 0.3) is 26.9 Å². The van der Waals surface area contributed by atoms with Crippen molar-refractivity contribution < 1.29 is 14.3 Å². The Bertz CT molecular complexity index is 1410. The molecule has 1 aliphatic heterocycles. The van der Waals surface area contributed by atoms with Gasteiger partial charge < -0.3 is 15.0 Å². The topological polar surface area (TPSA) is 71.5 Å². The van der Waals surface area contributed by atoms with E-state index in [4.69, 9.17) is 21.3 Å². The molecule has 0 bridgehead atoms. The molecule has 2 aromatic heterocycles. The third-order valence-corrected chi connectivity index (χ3v) is 8.18. The number of anilines is 1. The number of thiazole rings is 1. The molecule has 1 N–H and O–H groups in total. The smallest absolute Gasteiger partial charge is 0.410 e. The summed E-state index contributed by atoms with van der Waals surface area (Å²) >= 11 is 9.30. The Labute approximate surface area is 215 Å². The average molecular weight is 524 g/mol. The number of nitrogens with zero attached hydrogens (tertiary/aromatic N) is 2. The second-order valence-corrected chi connectivity index (χ2v) is 10.5. The van der Waals surface area contributed by atoms with Crippen LogP contribution in [0.15, 0.2) is 54.6 Å². The molecule has 0 spiro atoms. The lowest BCUT2D eigenvalue weighted by Crippen LogP contribution is -2.35. The molecule has 9 heteroatoms. The van der Waals surface area contributed by atoms with E-state index in [9.17, 15) is 9.59 Å². The molecular weight excluding hydrogens is 502 g/mol. The van der Waals surface area contributed by atoms with E-state index in [0.29, 0.717) is 31.1 Å². The van der Waals surface area contributed by atoms with E-state index in [2.05, 4.69) is 5.32 Å². The van der Waals surface area contributed by atoms with Crippen molar-refractivity contribution in [3.05, 3.63) is 75.6 Å². The number of carbonyl (C=O) groups excluding carboxylic acids is 2. The molecule has 0 saturated carbocycles. The van der Waals surface area contributed by atoms with Crippen molar-refractivity contribution in [1.29, 1.82) is 0 Å². The van der Waals surface area contributed by atoms with Gasteiger partial charge in [-0.05, 0) is 48.7 Å². The number of hydrogen-bond acceptors (Lipinski definition) is 6. The van der Waals surface area contributed by atoms with Gasteiger partial charge in [-0.25, -0.2) is 9.78 Å². The van der Waals surface area contributed by atoms with Gasteiger partial charge in [0.05, 0.1) is 23.4 Å². The van der Waals surface area contributed by atoms with Crippen LogP contribution < -0.4 is 5.32 Å². The summed E-state index contributed by atoms with van der Waals surface area (Å²) < 4.78 is 6.28. The fourth-order valence-electron chi connectivity index (χ4n) is 4.00. The molecule has 1 aliphatic rings. The zero-order valence-corrected chi connectivity index (χ0v) is 21.3. The maximum atomic E-state index is 12.9. The van der Waals surface area contributed by atoms with Gasteiger partial charge in [0.2, 0.25) is 5.91 Å². The summed E-state index contributed by atoms with van der Waals surface area (Å²) in [6.07, 6.45) is 3.53. The number of para-hydroxylation sites is 1. The molecule has 3 heterocycles. The molecular formula is C26H22ClN3O3S2. The third kappa shape index (κ3) is 4.96. The van der Waals surface area contributed by atoms with E-state index in [-0.39, 0.29) is 12.0 Å². The predicted octanol–water partition coefficient (Wildman–Crippen LogP) is 6.84. The van der Waals surface area contributed by atoms with Crippen LogP contribution in [0.2, 0.25) is 5.02 Å². The molecule has 4 aromatic rings. The normalized spacial score (nSPS) is 13.3. The summed E-state index contributed by atoms with van der Waals surface area (Å²) in [4.78, 5) is 32.8. The highest BCUT2D eigenvalue weighted by Gasteiger charge is 2.29. The van der Waals surface area contributed by atoms with Crippen molar-refractivity contribution in [1.82, 2.24) is 9.88 Å². The van der Waals surface area contributed by atoms with Gasteiger partial charge in [-0.15, -0.1) is 22.7 Å². The number of fused-ring (bicyclic) bond motifs is 2. The van der Waals surface area contributed by atoms with Crippen molar-refractivity contribution >= 4 is 67.6 Å². The van der Waals surface area contributed by atoms with Crippen LogP contribution in [0.5, 0.6) is 0 Å². The van der Waals surface area contributed by atoms with Crippen molar-refractivity contribution in [2.24, 2.45) is 0 Å². The van der Waals surface area contributed by atoms with Crippen LogP contribution in [-0.2, 0) is 22.5 Å². The van der Waals surface area contributed by atoms with Gasteiger partial charge in [0.1, 0.15) is 10.0 Å². The lowest BCUT2D eigenvalue weighted by atomic mass is 10.0. The largest absolute Gasteiger partial charge is 0.450 e. The SMILES string of the molecule is CCOC(=O)N1CCc2c(sc(NC(=O)/C=C/c3ccccc3Cl)c2-c2nc3ccccc3s2)C1.